The Bertz CT molecular complexity index is 655. The summed E-state index contributed by atoms with van der Waals surface area (Å²) in [7, 11) is 0. The van der Waals surface area contributed by atoms with Crippen LogP contribution < -0.4 is 10.6 Å². The minimum Gasteiger partial charge on any atom is -0.356 e. The fourth-order valence-electron chi connectivity index (χ4n) is 2.09. The summed E-state index contributed by atoms with van der Waals surface area (Å²) in [4.78, 5) is 0. The number of thiocarbonyl (C=S) groups is 1. The molecule has 2 aromatic rings. The molecule has 0 aliphatic heterocycles. The lowest BCUT2D eigenvalue weighted by molar-refractivity contribution is 0.719. The molecule has 1 atom stereocenters. The molecule has 0 amide bonds. The van der Waals surface area contributed by atoms with E-state index in [-0.39, 0.29) is 6.04 Å². The molecule has 0 fully saturated rings. The average molecular weight is 363 g/mol. The van der Waals surface area contributed by atoms with E-state index in [1.165, 1.54) is 16.7 Å². The monoisotopic (exact) mass is 362 g/mol. The third-order valence-electron chi connectivity index (χ3n) is 3.48. The Morgan fingerprint density at radius 3 is 2.48 bits per heavy atom. The molecule has 2 rings (SSSR count). The number of halogens is 1. The summed E-state index contributed by atoms with van der Waals surface area (Å²) >= 11 is 8.96. The zero-order valence-corrected chi connectivity index (χ0v) is 14.8. The van der Waals surface area contributed by atoms with Crippen molar-refractivity contribution in [2.75, 3.05) is 5.32 Å². The van der Waals surface area contributed by atoms with Crippen molar-refractivity contribution in [2.45, 2.75) is 26.8 Å². The van der Waals surface area contributed by atoms with Crippen LogP contribution >= 0.6 is 28.1 Å². The first-order chi connectivity index (χ1) is 9.97. The van der Waals surface area contributed by atoms with E-state index in [0.29, 0.717) is 5.11 Å². The maximum Gasteiger partial charge on any atom is 0.171 e. The van der Waals surface area contributed by atoms with Crippen molar-refractivity contribution >= 4 is 38.9 Å². The second-order valence-electron chi connectivity index (χ2n) is 5.14. The summed E-state index contributed by atoms with van der Waals surface area (Å²) in [5, 5.41) is 7.17. The van der Waals surface area contributed by atoms with E-state index >= 15 is 0 Å². The minimum atomic E-state index is 0.132. The third-order valence-corrected chi connectivity index (χ3v) is 4.43. The Labute approximate surface area is 140 Å². The molecule has 0 aromatic heterocycles. The highest BCUT2D eigenvalue weighted by molar-refractivity contribution is 9.10. The topological polar surface area (TPSA) is 24.1 Å². The van der Waals surface area contributed by atoms with E-state index in [1.54, 1.807) is 0 Å². The zero-order valence-electron chi connectivity index (χ0n) is 12.4. The van der Waals surface area contributed by atoms with Crippen LogP contribution in [0.3, 0.4) is 0 Å². The van der Waals surface area contributed by atoms with Gasteiger partial charge in [-0.25, -0.2) is 0 Å². The van der Waals surface area contributed by atoms with Gasteiger partial charge in [-0.1, -0.05) is 40.2 Å². The van der Waals surface area contributed by atoms with Gasteiger partial charge in [0, 0.05) is 10.2 Å². The number of nitrogens with one attached hydrogen (secondary N) is 2. The molecule has 0 aliphatic carbocycles. The van der Waals surface area contributed by atoms with Gasteiger partial charge in [0.2, 0.25) is 0 Å². The quantitative estimate of drug-likeness (QED) is 0.741. The fourth-order valence-corrected chi connectivity index (χ4v) is 3.01. The Morgan fingerprint density at radius 1 is 1.10 bits per heavy atom. The molecule has 0 aliphatic rings. The summed E-state index contributed by atoms with van der Waals surface area (Å²) in [5.41, 5.74) is 4.72. The molecular weight excluding hydrogens is 344 g/mol. The highest BCUT2D eigenvalue weighted by Crippen LogP contribution is 2.23. The largest absolute Gasteiger partial charge is 0.356 e. The van der Waals surface area contributed by atoms with E-state index in [2.05, 4.69) is 65.5 Å². The van der Waals surface area contributed by atoms with Gasteiger partial charge < -0.3 is 10.6 Å². The molecule has 0 saturated carbocycles. The lowest BCUT2D eigenvalue weighted by atomic mass is 10.1. The smallest absolute Gasteiger partial charge is 0.171 e. The second-order valence-corrected chi connectivity index (χ2v) is 6.40. The molecule has 2 aromatic carbocycles. The summed E-state index contributed by atoms with van der Waals surface area (Å²) < 4.78 is 1.08. The lowest BCUT2D eigenvalue weighted by Gasteiger charge is -2.19. The number of rotatable bonds is 3. The maximum atomic E-state index is 5.39. The van der Waals surface area contributed by atoms with Crippen molar-refractivity contribution in [1.82, 2.24) is 5.32 Å². The van der Waals surface area contributed by atoms with Gasteiger partial charge in [-0.05, 0) is 67.9 Å². The molecule has 21 heavy (non-hydrogen) atoms. The van der Waals surface area contributed by atoms with Crippen molar-refractivity contribution in [3.63, 3.8) is 0 Å². The number of hydrogen-bond acceptors (Lipinski definition) is 1. The van der Waals surface area contributed by atoms with E-state index in [4.69, 9.17) is 12.2 Å². The first-order valence-corrected chi connectivity index (χ1v) is 8.06. The Hall–Kier alpha value is -1.39. The summed E-state index contributed by atoms with van der Waals surface area (Å²) in [6, 6.07) is 14.5. The van der Waals surface area contributed by atoms with Crippen LogP contribution in [0.4, 0.5) is 5.69 Å². The highest BCUT2D eigenvalue weighted by Gasteiger charge is 2.10. The van der Waals surface area contributed by atoms with Crippen LogP contribution in [-0.2, 0) is 0 Å². The summed E-state index contributed by atoms with van der Waals surface area (Å²) in [6.07, 6.45) is 0. The number of aryl methyl sites for hydroxylation is 2. The maximum absolute atomic E-state index is 5.39. The molecule has 2 nitrogen and oxygen atoms in total. The van der Waals surface area contributed by atoms with Gasteiger partial charge in [0.25, 0.3) is 0 Å². The van der Waals surface area contributed by atoms with Crippen molar-refractivity contribution in [3.8, 4) is 0 Å². The Kier molecular flexibility index (Phi) is 5.37. The molecule has 0 heterocycles. The third kappa shape index (κ3) is 4.29. The van der Waals surface area contributed by atoms with Crippen LogP contribution in [0, 0.1) is 13.8 Å². The number of hydrogen-bond donors (Lipinski definition) is 2. The van der Waals surface area contributed by atoms with Gasteiger partial charge in [-0.3, -0.25) is 0 Å². The number of anilines is 1. The van der Waals surface area contributed by atoms with E-state index in [1.807, 2.05) is 24.3 Å². The van der Waals surface area contributed by atoms with Crippen LogP contribution in [0.25, 0.3) is 0 Å². The van der Waals surface area contributed by atoms with Crippen LogP contribution in [0.2, 0.25) is 0 Å². The summed E-state index contributed by atoms with van der Waals surface area (Å²) in [5.74, 6) is 0. The standard InChI is InChI=1S/C17H19BrN2S/c1-11-8-9-14(10-12(11)2)20-17(21)19-13(3)15-6-4-5-7-16(15)18/h4-10,13H,1-3H3,(H2,19,20,21)/t13-/m1/s1. The number of benzene rings is 2. The normalized spacial score (nSPS) is 11.8. The van der Waals surface area contributed by atoms with Crippen LogP contribution in [-0.4, -0.2) is 5.11 Å². The van der Waals surface area contributed by atoms with Gasteiger partial charge in [0.1, 0.15) is 0 Å². The molecule has 0 bridgehead atoms. The second kappa shape index (κ2) is 7.05. The predicted octanol–water partition coefficient (Wildman–Crippen LogP) is 5.11. The summed E-state index contributed by atoms with van der Waals surface area (Å²) in [6.45, 7) is 6.29. The molecule has 110 valence electrons. The molecule has 2 N–H and O–H groups in total. The van der Waals surface area contributed by atoms with E-state index in [0.717, 1.165) is 10.2 Å². The van der Waals surface area contributed by atoms with Crippen molar-refractivity contribution in [1.29, 1.82) is 0 Å². The first-order valence-electron chi connectivity index (χ1n) is 6.86. The van der Waals surface area contributed by atoms with Crippen molar-refractivity contribution in [3.05, 3.63) is 63.6 Å². The van der Waals surface area contributed by atoms with E-state index in [9.17, 15) is 0 Å². The Balaban J connectivity index is 2.01. The molecule has 4 heteroatoms. The minimum absolute atomic E-state index is 0.132. The van der Waals surface area contributed by atoms with E-state index < -0.39 is 0 Å². The van der Waals surface area contributed by atoms with Crippen molar-refractivity contribution < 1.29 is 0 Å². The van der Waals surface area contributed by atoms with Gasteiger partial charge >= 0.3 is 0 Å². The average Bonchev–Trinajstić information content (AvgIpc) is 2.43. The lowest BCUT2D eigenvalue weighted by Crippen LogP contribution is -2.31. The highest BCUT2D eigenvalue weighted by atomic mass is 79.9. The van der Waals surface area contributed by atoms with Crippen molar-refractivity contribution in [2.24, 2.45) is 0 Å². The van der Waals surface area contributed by atoms with Gasteiger partial charge in [-0.15, -0.1) is 0 Å². The fraction of sp³-hybridized carbons (Fsp3) is 0.235. The van der Waals surface area contributed by atoms with Gasteiger partial charge in [0.15, 0.2) is 5.11 Å². The predicted molar refractivity (Wildman–Crippen MR) is 97.8 cm³/mol. The molecular formula is C17H19BrN2S. The zero-order chi connectivity index (χ0) is 15.4. The van der Waals surface area contributed by atoms with Gasteiger partial charge in [0.05, 0.1) is 6.04 Å². The van der Waals surface area contributed by atoms with Crippen LogP contribution in [0.5, 0.6) is 0 Å². The van der Waals surface area contributed by atoms with Crippen LogP contribution in [0.15, 0.2) is 46.9 Å². The SMILES string of the molecule is Cc1ccc(NC(=S)N[C@H](C)c2ccccc2Br)cc1C. The Morgan fingerprint density at radius 2 is 1.81 bits per heavy atom. The van der Waals surface area contributed by atoms with Crippen LogP contribution in [0.1, 0.15) is 29.7 Å². The molecule has 0 saturated heterocycles. The molecule has 0 spiro atoms. The van der Waals surface area contributed by atoms with Gasteiger partial charge in [-0.2, -0.15) is 0 Å². The molecule has 0 radical (unpaired) electrons. The molecule has 0 unspecified atom stereocenters. The first kappa shape index (κ1) is 16.0.